The van der Waals surface area contributed by atoms with Gasteiger partial charge in [-0.1, -0.05) is 6.92 Å². The molecule has 0 saturated carbocycles. The van der Waals surface area contributed by atoms with Crippen molar-refractivity contribution >= 4 is 5.91 Å². The second-order valence-corrected chi connectivity index (χ2v) is 3.53. The van der Waals surface area contributed by atoms with Crippen LogP contribution in [0.25, 0.3) is 0 Å². The molecule has 4 heteroatoms. The average Bonchev–Trinajstić information content (AvgIpc) is 2.26. The number of nitrogens with zero attached hydrogens (tertiary/aromatic N) is 1. The lowest BCUT2D eigenvalue weighted by Gasteiger charge is -2.10. The Kier molecular flexibility index (Phi) is 4.24. The minimum Gasteiger partial charge on any atom is -0.351 e. The summed E-state index contributed by atoms with van der Waals surface area (Å²) in [6, 6.07) is 1.50. The van der Waals surface area contributed by atoms with Crippen molar-refractivity contribution in [3.63, 3.8) is 0 Å². The smallest absolute Gasteiger partial charge is 0.237 e. The first-order valence-electron chi connectivity index (χ1n) is 5.08. The van der Waals surface area contributed by atoms with E-state index in [2.05, 4.69) is 10.3 Å². The molecule has 1 heterocycles. The molecule has 1 unspecified atom stereocenters. The second kappa shape index (κ2) is 5.46. The molecule has 1 atom stereocenters. The van der Waals surface area contributed by atoms with Crippen LogP contribution in [-0.4, -0.2) is 16.9 Å². The van der Waals surface area contributed by atoms with Gasteiger partial charge in [-0.2, -0.15) is 0 Å². The number of amides is 1. The van der Waals surface area contributed by atoms with Gasteiger partial charge >= 0.3 is 0 Å². The molecule has 1 rings (SSSR count). The van der Waals surface area contributed by atoms with Crippen molar-refractivity contribution in [2.75, 3.05) is 0 Å². The van der Waals surface area contributed by atoms with E-state index in [0.717, 1.165) is 11.1 Å². The van der Waals surface area contributed by atoms with Gasteiger partial charge in [0.05, 0.1) is 6.04 Å². The van der Waals surface area contributed by atoms with E-state index < -0.39 is 6.04 Å². The molecule has 0 bridgehead atoms. The van der Waals surface area contributed by atoms with E-state index in [1.807, 2.05) is 19.9 Å². The minimum absolute atomic E-state index is 0.110. The predicted molar refractivity (Wildman–Crippen MR) is 59.1 cm³/mol. The van der Waals surface area contributed by atoms with Gasteiger partial charge in [0.25, 0.3) is 0 Å². The maximum Gasteiger partial charge on any atom is 0.237 e. The quantitative estimate of drug-likeness (QED) is 0.765. The summed E-state index contributed by atoms with van der Waals surface area (Å²) in [6.07, 6.45) is 4.14. The number of rotatable bonds is 4. The van der Waals surface area contributed by atoms with Crippen molar-refractivity contribution in [2.45, 2.75) is 32.9 Å². The van der Waals surface area contributed by atoms with Gasteiger partial charge in [0, 0.05) is 18.9 Å². The zero-order valence-electron chi connectivity index (χ0n) is 9.16. The molecule has 3 N–H and O–H groups in total. The minimum atomic E-state index is -0.415. The van der Waals surface area contributed by atoms with Gasteiger partial charge in [-0.25, -0.2) is 0 Å². The Balaban J connectivity index is 2.51. The van der Waals surface area contributed by atoms with E-state index in [4.69, 9.17) is 5.73 Å². The Morgan fingerprint density at radius 1 is 1.67 bits per heavy atom. The molecule has 4 nitrogen and oxygen atoms in total. The first-order chi connectivity index (χ1) is 7.15. The molecule has 0 aliphatic rings. The number of aryl methyl sites for hydroxylation is 1. The molecule has 1 amide bonds. The van der Waals surface area contributed by atoms with E-state index >= 15 is 0 Å². The Morgan fingerprint density at radius 3 is 3.00 bits per heavy atom. The molecule has 0 radical (unpaired) electrons. The molecular weight excluding hydrogens is 190 g/mol. The molecule has 0 aromatic carbocycles. The van der Waals surface area contributed by atoms with E-state index in [0.29, 0.717) is 13.0 Å². The van der Waals surface area contributed by atoms with Crippen LogP contribution in [0.4, 0.5) is 0 Å². The molecular formula is C11H17N3O. The number of hydrogen-bond acceptors (Lipinski definition) is 3. The number of nitrogens with one attached hydrogen (secondary N) is 1. The molecule has 0 saturated heterocycles. The number of pyridine rings is 1. The third kappa shape index (κ3) is 3.32. The Hall–Kier alpha value is -1.42. The maximum atomic E-state index is 11.4. The van der Waals surface area contributed by atoms with Crippen LogP contribution < -0.4 is 11.1 Å². The number of carbonyl (C=O) groups is 1. The van der Waals surface area contributed by atoms with Crippen LogP contribution in [0.15, 0.2) is 18.5 Å². The van der Waals surface area contributed by atoms with Gasteiger partial charge in [0.1, 0.15) is 0 Å². The molecule has 0 spiro atoms. The van der Waals surface area contributed by atoms with E-state index in [1.165, 1.54) is 0 Å². The first-order valence-corrected chi connectivity index (χ1v) is 5.08. The lowest BCUT2D eigenvalue weighted by molar-refractivity contribution is -0.122. The van der Waals surface area contributed by atoms with Crippen molar-refractivity contribution in [1.29, 1.82) is 0 Å². The number of hydrogen-bond donors (Lipinski definition) is 2. The lowest BCUT2D eigenvalue weighted by atomic mass is 10.1. The van der Waals surface area contributed by atoms with Gasteiger partial charge in [-0.3, -0.25) is 9.78 Å². The summed E-state index contributed by atoms with van der Waals surface area (Å²) in [4.78, 5) is 15.4. The number of aromatic nitrogens is 1. The van der Waals surface area contributed by atoms with Crippen LogP contribution in [0.5, 0.6) is 0 Å². The van der Waals surface area contributed by atoms with Crippen LogP contribution in [0.3, 0.4) is 0 Å². The Morgan fingerprint density at radius 2 is 2.40 bits per heavy atom. The third-order valence-corrected chi connectivity index (χ3v) is 2.38. The SMILES string of the molecule is CCC(N)C(=O)NCc1cnccc1C. The third-order valence-electron chi connectivity index (χ3n) is 2.38. The highest BCUT2D eigenvalue weighted by Crippen LogP contribution is 2.04. The zero-order chi connectivity index (χ0) is 11.3. The summed E-state index contributed by atoms with van der Waals surface area (Å²) in [5.74, 6) is -0.110. The van der Waals surface area contributed by atoms with E-state index in [9.17, 15) is 4.79 Å². The van der Waals surface area contributed by atoms with Gasteiger partial charge in [0.15, 0.2) is 0 Å². The zero-order valence-corrected chi connectivity index (χ0v) is 9.16. The topological polar surface area (TPSA) is 68.0 Å². The second-order valence-electron chi connectivity index (χ2n) is 3.53. The van der Waals surface area contributed by atoms with Crippen LogP contribution in [0.1, 0.15) is 24.5 Å². The van der Waals surface area contributed by atoms with Crippen LogP contribution in [0, 0.1) is 6.92 Å². The normalized spacial score (nSPS) is 12.2. The fourth-order valence-electron chi connectivity index (χ4n) is 1.18. The van der Waals surface area contributed by atoms with Crippen LogP contribution in [-0.2, 0) is 11.3 Å². The summed E-state index contributed by atoms with van der Waals surface area (Å²) in [7, 11) is 0. The van der Waals surface area contributed by atoms with E-state index in [1.54, 1.807) is 12.4 Å². The van der Waals surface area contributed by atoms with Crippen LogP contribution in [0.2, 0.25) is 0 Å². The largest absolute Gasteiger partial charge is 0.351 e. The Labute approximate surface area is 89.9 Å². The van der Waals surface area contributed by atoms with Crippen molar-refractivity contribution in [1.82, 2.24) is 10.3 Å². The molecule has 82 valence electrons. The van der Waals surface area contributed by atoms with Crippen LogP contribution >= 0.6 is 0 Å². The number of carbonyl (C=O) groups excluding carboxylic acids is 1. The molecule has 1 aromatic rings. The molecule has 1 aromatic heterocycles. The molecule has 0 aliphatic carbocycles. The van der Waals surface area contributed by atoms with Crippen molar-refractivity contribution in [3.8, 4) is 0 Å². The van der Waals surface area contributed by atoms with Crippen molar-refractivity contribution in [3.05, 3.63) is 29.6 Å². The summed E-state index contributed by atoms with van der Waals surface area (Å²) < 4.78 is 0. The van der Waals surface area contributed by atoms with Gasteiger partial charge in [-0.15, -0.1) is 0 Å². The standard InChI is InChI=1S/C11H17N3O/c1-3-10(12)11(15)14-7-9-6-13-5-4-8(9)2/h4-6,10H,3,7,12H2,1-2H3,(H,14,15). The fourth-order valence-corrected chi connectivity index (χ4v) is 1.18. The molecule has 0 aliphatic heterocycles. The van der Waals surface area contributed by atoms with Gasteiger partial charge < -0.3 is 11.1 Å². The molecule has 0 fully saturated rings. The highest BCUT2D eigenvalue weighted by Gasteiger charge is 2.10. The summed E-state index contributed by atoms with van der Waals surface area (Å²) in [5, 5.41) is 2.79. The summed E-state index contributed by atoms with van der Waals surface area (Å²) in [5.41, 5.74) is 7.73. The van der Waals surface area contributed by atoms with E-state index in [-0.39, 0.29) is 5.91 Å². The average molecular weight is 207 g/mol. The lowest BCUT2D eigenvalue weighted by Crippen LogP contribution is -2.39. The van der Waals surface area contributed by atoms with Crippen molar-refractivity contribution in [2.24, 2.45) is 5.73 Å². The first kappa shape index (κ1) is 11.7. The monoisotopic (exact) mass is 207 g/mol. The van der Waals surface area contributed by atoms with Gasteiger partial charge in [-0.05, 0) is 30.5 Å². The maximum absolute atomic E-state index is 11.4. The number of nitrogens with two attached hydrogens (primary N) is 1. The fraction of sp³-hybridized carbons (Fsp3) is 0.455. The summed E-state index contributed by atoms with van der Waals surface area (Å²) >= 11 is 0. The molecule has 15 heavy (non-hydrogen) atoms. The Bertz CT molecular complexity index is 338. The highest BCUT2D eigenvalue weighted by molar-refractivity contribution is 5.81. The van der Waals surface area contributed by atoms with Crippen molar-refractivity contribution < 1.29 is 4.79 Å². The van der Waals surface area contributed by atoms with Gasteiger partial charge in [0.2, 0.25) is 5.91 Å². The highest BCUT2D eigenvalue weighted by atomic mass is 16.2. The predicted octanol–water partition coefficient (Wildman–Crippen LogP) is 0.744. The summed E-state index contributed by atoms with van der Waals surface area (Å²) in [6.45, 7) is 4.37.